The van der Waals surface area contributed by atoms with E-state index in [1.807, 2.05) is 63.6 Å². The number of nitrogens with zero attached hydrogens (tertiary/aromatic N) is 3. The fourth-order valence-electron chi connectivity index (χ4n) is 2.75. The summed E-state index contributed by atoms with van der Waals surface area (Å²) in [6.45, 7) is 1.76. The molecular weight excluding hydrogens is 374 g/mol. The smallest absolute Gasteiger partial charge is 0.253 e. The number of thioether (sulfide) groups is 1. The Balaban J connectivity index is 1.54. The van der Waals surface area contributed by atoms with Crippen molar-refractivity contribution in [3.63, 3.8) is 0 Å². The molecule has 1 aromatic heterocycles. The molecule has 1 amide bonds. The van der Waals surface area contributed by atoms with Crippen LogP contribution in [-0.2, 0) is 5.75 Å². The number of carbonyl (C=O) groups excluding carboxylic acids is 1. The number of rotatable bonds is 8. The molecule has 0 saturated carbocycles. The Morgan fingerprint density at radius 2 is 1.78 bits per heavy atom. The van der Waals surface area contributed by atoms with Gasteiger partial charge in [0.1, 0.15) is 0 Å². The summed E-state index contributed by atoms with van der Waals surface area (Å²) in [5.74, 6) is 0.937. The molecule has 3 rings (SSSR count). The highest BCUT2D eigenvalue weighted by Gasteiger charge is 2.11. The monoisotopic (exact) mass is 399 g/mol. The molecule has 0 aliphatic carbocycles. The number of amides is 1. The summed E-state index contributed by atoms with van der Waals surface area (Å²) in [5, 5.41) is 0. The van der Waals surface area contributed by atoms with E-state index in [0.29, 0.717) is 0 Å². The third-order valence-corrected chi connectivity index (χ3v) is 6.53. The van der Waals surface area contributed by atoms with Gasteiger partial charge in [-0.05, 0) is 56.9 Å². The summed E-state index contributed by atoms with van der Waals surface area (Å²) in [6, 6.07) is 16.2. The Bertz CT molecular complexity index is 857. The zero-order valence-electron chi connectivity index (χ0n) is 16.0. The summed E-state index contributed by atoms with van der Waals surface area (Å²) < 4.78 is 2.30. The quantitative estimate of drug-likeness (QED) is 0.518. The molecule has 2 aromatic carbocycles. The maximum atomic E-state index is 12.5. The summed E-state index contributed by atoms with van der Waals surface area (Å²) in [6.07, 6.45) is 0.978. The molecule has 142 valence electrons. The standard InChI is InChI=1S/C21H25N3OS2/c1-23(2)13-6-14-24(3)20(25)17-11-9-16(10-12-17)15-26-21-22-18-7-4-5-8-19(18)27-21/h4-5,7-12H,6,13-15H2,1-3H3. The number of fused-ring (bicyclic) bond motifs is 1. The molecule has 3 aromatic rings. The topological polar surface area (TPSA) is 36.4 Å². The SMILES string of the molecule is CN(C)CCCN(C)C(=O)c1ccc(CSc2nc3ccccc3s2)cc1. The first-order chi connectivity index (χ1) is 13.0. The Hall–Kier alpha value is -1.89. The molecule has 0 radical (unpaired) electrons. The predicted molar refractivity (Wildman–Crippen MR) is 116 cm³/mol. The maximum absolute atomic E-state index is 12.5. The first kappa shape index (κ1) is 19.9. The van der Waals surface area contributed by atoms with E-state index in [4.69, 9.17) is 0 Å². The van der Waals surface area contributed by atoms with Crippen molar-refractivity contribution >= 4 is 39.2 Å². The van der Waals surface area contributed by atoms with Gasteiger partial charge in [0.25, 0.3) is 5.91 Å². The lowest BCUT2D eigenvalue weighted by Crippen LogP contribution is -2.29. The van der Waals surface area contributed by atoms with Gasteiger partial charge in [-0.3, -0.25) is 4.79 Å². The molecule has 0 atom stereocenters. The second-order valence-corrected chi connectivity index (χ2v) is 9.07. The van der Waals surface area contributed by atoms with Crippen molar-refractivity contribution in [3.05, 3.63) is 59.7 Å². The third-order valence-electron chi connectivity index (χ3n) is 4.28. The maximum Gasteiger partial charge on any atom is 0.253 e. The molecule has 1 heterocycles. The average Bonchev–Trinajstić information content (AvgIpc) is 3.09. The van der Waals surface area contributed by atoms with Crippen LogP contribution >= 0.6 is 23.1 Å². The van der Waals surface area contributed by atoms with Crippen LogP contribution in [0.5, 0.6) is 0 Å². The number of benzene rings is 2. The highest BCUT2D eigenvalue weighted by atomic mass is 32.2. The second-order valence-electron chi connectivity index (χ2n) is 6.82. The van der Waals surface area contributed by atoms with Crippen LogP contribution in [0.2, 0.25) is 0 Å². The van der Waals surface area contributed by atoms with Crippen molar-refractivity contribution in [2.45, 2.75) is 16.5 Å². The second kappa shape index (κ2) is 9.35. The summed E-state index contributed by atoms with van der Waals surface area (Å²) in [5.41, 5.74) is 3.01. The predicted octanol–water partition coefficient (Wildman–Crippen LogP) is 4.61. The molecule has 0 spiro atoms. The lowest BCUT2D eigenvalue weighted by atomic mass is 10.1. The molecule has 0 aliphatic heterocycles. The summed E-state index contributed by atoms with van der Waals surface area (Å²) >= 11 is 3.47. The molecule has 0 aliphatic rings. The van der Waals surface area contributed by atoms with Crippen LogP contribution in [0.3, 0.4) is 0 Å². The van der Waals surface area contributed by atoms with Gasteiger partial charge in [-0.2, -0.15) is 0 Å². The third kappa shape index (κ3) is 5.54. The van der Waals surface area contributed by atoms with Crippen LogP contribution in [-0.4, -0.2) is 54.9 Å². The van der Waals surface area contributed by atoms with Gasteiger partial charge in [-0.1, -0.05) is 36.0 Å². The minimum Gasteiger partial charge on any atom is -0.342 e. The van der Waals surface area contributed by atoms with E-state index in [1.165, 1.54) is 10.3 Å². The number of hydrogen-bond acceptors (Lipinski definition) is 5. The van der Waals surface area contributed by atoms with Crippen molar-refractivity contribution in [2.24, 2.45) is 0 Å². The Kier molecular flexibility index (Phi) is 6.88. The van der Waals surface area contributed by atoms with Gasteiger partial charge in [0.05, 0.1) is 10.2 Å². The largest absolute Gasteiger partial charge is 0.342 e. The van der Waals surface area contributed by atoms with E-state index < -0.39 is 0 Å². The van der Waals surface area contributed by atoms with Crippen LogP contribution in [0.4, 0.5) is 0 Å². The van der Waals surface area contributed by atoms with Crippen LogP contribution in [0.25, 0.3) is 10.2 Å². The van der Waals surface area contributed by atoms with Crippen LogP contribution in [0.15, 0.2) is 52.9 Å². The molecule has 6 heteroatoms. The normalized spacial score (nSPS) is 11.3. The van der Waals surface area contributed by atoms with E-state index in [1.54, 1.807) is 28.0 Å². The number of thiazole rings is 1. The van der Waals surface area contributed by atoms with Gasteiger partial charge in [0.15, 0.2) is 4.34 Å². The molecule has 0 N–H and O–H groups in total. The first-order valence-corrected chi connectivity index (χ1v) is 10.8. The van der Waals surface area contributed by atoms with Gasteiger partial charge in [-0.15, -0.1) is 11.3 Å². The van der Waals surface area contributed by atoms with Crippen LogP contribution in [0.1, 0.15) is 22.3 Å². The zero-order chi connectivity index (χ0) is 19.2. The van der Waals surface area contributed by atoms with Gasteiger partial charge in [-0.25, -0.2) is 4.98 Å². The lowest BCUT2D eigenvalue weighted by molar-refractivity contribution is 0.0790. The van der Waals surface area contributed by atoms with Gasteiger partial charge < -0.3 is 9.80 Å². The summed E-state index contributed by atoms with van der Waals surface area (Å²) in [7, 11) is 5.97. The molecule has 0 saturated heterocycles. The summed E-state index contributed by atoms with van der Waals surface area (Å²) in [4.78, 5) is 21.1. The Morgan fingerprint density at radius 3 is 2.48 bits per heavy atom. The first-order valence-electron chi connectivity index (χ1n) is 9.00. The molecule has 4 nitrogen and oxygen atoms in total. The molecular formula is C21H25N3OS2. The van der Waals surface area contributed by atoms with E-state index >= 15 is 0 Å². The number of para-hydroxylation sites is 1. The fourth-order valence-corrected chi connectivity index (χ4v) is 4.77. The number of carbonyl (C=O) groups is 1. The number of hydrogen-bond donors (Lipinski definition) is 0. The van der Waals surface area contributed by atoms with Gasteiger partial charge >= 0.3 is 0 Å². The fraction of sp³-hybridized carbons (Fsp3) is 0.333. The molecule has 0 fully saturated rings. The van der Waals surface area contributed by atoms with E-state index in [2.05, 4.69) is 16.0 Å². The van der Waals surface area contributed by atoms with Crippen molar-refractivity contribution in [1.82, 2.24) is 14.8 Å². The van der Waals surface area contributed by atoms with Gasteiger partial charge in [0, 0.05) is 24.9 Å². The molecule has 27 heavy (non-hydrogen) atoms. The van der Waals surface area contributed by atoms with Crippen molar-refractivity contribution in [3.8, 4) is 0 Å². The van der Waals surface area contributed by atoms with Gasteiger partial charge in [0.2, 0.25) is 0 Å². The van der Waals surface area contributed by atoms with E-state index in [9.17, 15) is 4.79 Å². The minimum atomic E-state index is 0.0825. The molecule has 0 unspecified atom stereocenters. The van der Waals surface area contributed by atoms with Crippen molar-refractivity contribution < 1.29 is 4.79 Å². The van der Waals surface area contributed by atoms with Crippen LogP contribution in [0, 0.1) is 0 Å². The van der Waals surface area contributed by atoms with E-state index in [-0.39, 0.29) is 5.91 Å². The van der Waals surface area contributed by atoms with E-state index in [0.717, 1.165) is 40.7 Å². The number of aromatic nitrogens is 1. The Labute approximate surface area is 169 Å². The minimum absolute atomic E-state index is 0.0825. The lowest BCUT2D eigenvalue weighted by Gasteiger charge is -2.18. The van der Waals surface area contributed by atoms with Crippen molar-refractivity contribution in [2.75, 3.05) is 34.2 Å². The highest BCUT2D eigenvalue weighted by molar-refractivity contribution is 8.00. The highest BCUT2D eigenvalue weighted by Crippen LogP contribution is 2.31. The molecule has 0 bridgehead atoms. The average molecular weight is 400 g/mol. The van der Waals surface area contributed by atoms with Crippen LogP contribution < -0.4 is 0 Å². The zero-order valence-corrected chi connectivity index (χ0v) is 17.6. The Morgan fingerprint density at radius 1 is 1.04 bits per heavy atom. The van der Waals surface area contributed by atoms with Crippen molar-refractivity contribution in [1.29, 1.82) is 0 Å².